The van der Waals surface area contributed by atoms with Crippen LogP contribution in [0.5, 0.6) is 0 Å². The van der Waals surface area contributed by atoms with Gasteiger partial charge in [0.05, 0.1) is 29.9 Å². The summed E-state index contributed by atoms with van der Waals surface area (Å²) < 4.78 is 5.34. The average Bonchev–Trinajstić information content (AvgIpc) is 3.30. The van der Waals surface area contributed by atoms with Gasteiger partial charge in [-0.2, -0.15) is 0 Å². The van der Waals surface area contributed by atoms with Gasteiger partial charge < -0.3 is 9.72 Å². The molecule has 0 atom stereocenters. The van der Waals surface area contributed by atoms with E-state index < -0.39 is 0 Å². The lowest BCUT2D eigenvalue weighted by molar-refractivity contribution is 0.107. The molecule has 1 saturated carbocycles. The van der Waals surface area contributed by atoms with E-state index in [2.05, 4.69) is 17.1 Å². The molecule has 1 fully saturated rings. The monoisotopic (exact) mass is 268 g/mol. The zero-order valence-electron chi connectivity index (χ0n) is 11.2. The number of aromatic amines is 1. The van der Waals surface area contributed by atoms with Crippen LogP contribution in [0.25, 0.3) is 0 Å². The van der Waals surface area contributed by atoms with Gasteiger partial charge in [-0.25, -0.2) is 4.98 Å². The summed E-state index contributed by atoms with van der Waals surface area (Å²) in [5, 5.41) is 0. The number of aromatic nitrogens is 2. The predicted octanol–water partition coefficient (Wildman–Crippen LogP) is 1.92. The van der Waals surface area contributed by atoms with E-state index in [0.717, 1.165) is 30.8 Å². The van der Waals surface area contributed by atoms with Crippen molar-refractivity contribution in [2.24, 2.45) is 0 Å². The first-order valence-electron chi connectivity index (χ1n) is 7.05. The first-order chi connectivity index (χ1) is 9.79. The highest BCUT2D eigenvalue weighted by Crippen LogP contribution is 2.51. The highest BCUT2D eigenvalue weighted by atomic mass is 16.5. The number of nitrogens with zero attached hydrogens (tertiary/aromatic N) is 1. The molecule has 0 bridgehead atoms. The minimum atomic E-state index is -0.0756. The van der Waals surface area contributed by atoms with Crippen LogP contribution in [0.1, 0.15) is 35.5 Å². The molecule has 4 rings (SSSR count). The molecular formula is C16H16N2O2. The Hall–Kier alpha value is -1.94. The predicted molar refractivity (Wildman–Crippen MR) is 74.7 cm³/mol. The molecule has 0 spiro atoms. The molecule has 1 N–H and O–H groups in total. The molecule has 1 aromatic heterocycles. The van der Waals surface area contributed by atoms with E-state index in [1.807, 2.05) is 18.2 Å². The van der Waals surface area contributed by atoms with Crippen LogP contribution in [0.2, 0.25) is 0 Å². The third-order valence-corrected chi connectivity index (χ3v) is 4.36. The largest absolute Gasteiger partial charge is 0.376 e. The molecule has 0 unspecified atom stereocenters. The fourth-order valence-electron chi connectivity index (χ4n) is 3.01. The van der Waals surface area contributed by atoms with Crippen LogP contribution in [0, 0.1) is 0 Å². The number of ether oxygens (including phenoxy) is 1. The number of H-pyrrole nitrogens is 1. The van der Waals surface area contributed by atoms with E-state index >= 15 is 0 Å². The molecule has 0 radical (unpaired) electrons. The summed E-state index contributed by atoms with van der Waals surface area (Å²) in [6.07, 6.45) is 2.83. The molecule has 1 aliphatic carbocycles. The van der Waals surface area contributed by atoms with Gasteiger partial charge in [-0.1, -0.05) is 30.3 Å². The summed E-state index contributed by atoms with van der Waals surface area (Å²) in [5.41, 5.74) is 2.75. The maximum Gasteiger partial charge on any atom is 0.256 e. The van der Waals surface area contributed by atoms with Gasteiger partial charge in [-0.15, -0.1) is 0 Å². The van der Waals surface area contributed by atoms with E-state index in [9.17, 15) is 4.79 Å². The highest BCUT2D eigenvalue weighted by molar-refractivity contribution is 5.40. The summed E-state index contributed by atoms with van der Waals surface area (Å²) in [4.78, 5) is 20.0. The molecule has 2 heterocycles. The van der Waals surface area contributed by atoms with Crippen molar-refractivity contribution in [2.75, 3.05) is 6.61 Å². The summed E-state index contributed by atoms with van der Waals surface area (Å²) in [5.74, 6) is 0.828. The molecule has 4 nitrogen and oxygen atoms in total. The average molecular weight is 268 g/mol. The Morgan fingerprint density at radius 2 is 2.00 bits per heavy atom. The van der Waals surface area contributed by atoms with Crippen molar-refractivity contribution in [1.29, 1.82) is 0 Å². The fraction of sp³-hybridized carbons (Fsp3) is 0.375. The van der Waals surface area contributed by atoms with Gasteiger partial charge in [-0.05, 0) is 18.4 Å². The zero-order chi connectivity index (χ0) is 13.6. The molecule has 2 aromatic rings. The second-order valence-corrected chi connectivity index (χ2v) is 5.59. The Morgan fingerprint density at radius 3 is 2.75 bits per heavy atom. The molecule has 1 aromatic carbocycles. The van der Waals surface area contributed by atoms with Crippen LogP contribution < -0.4 is 5.56 Å². The lowest BCUT2D eigenvalue weighted by Gasteiger charge is -2.19. The lowest BCUT2D eigenvalue weighted by atomic mass is 9.94. The summed E-state index contributed by atoms with van der Waals surface area (Å²) in [7, 11) is 0. The van der Waals surface area contributed by atoms with Gasteiger partial charge in [0.25, 0.3) is 5.56 Å². The third kappa shape index (κ3) is 1.72. The summed E-state index contributed by atoms with van der Waals surface area (Å²) in [6.45, 7) is 1.04. The Balaban J connectivity index is 1.84. The van der Waals surface area contributed by atoms with Crippen molar-refractivity contribution in [1.82, 2.24) is 9.97 Å². The molecule has 102 valence electrons. The zero-order valence-corrected chi connectivity index (χ0v) is 11.2. The SMILES string of the molecule is O=c1[nH]c(C2(c3ccccc3)CC2)nc2c1COCC2. The van der Waals surface area contributed by atoms with Gasteiger partial charge in [0.2, 0.25) is 0 Å². The van der Waals surface area contributed by atoms with Crippen molar-refractivity contribution in [3.63, 3.8) is 0 Å². The van der Waals surface area contributed by atoms with Gasteiger partial charge in [0, 0.05) is 6.42 Å². The van der Waals surface area contributed by atoms with Crippen molar-refractivity contribution in [3.8, 4) is 0 Å². The molecule has 2 aliphatic rings. The van der Waals surface area contributed by atoms with E-state index in [4.69, 9.17) is 9.72 Å². The Labute approximate surface area is 116 Å². The van der Waals surface area contributed by atoms with E-state index in [-0.39, 0.29) is 11.0 Å². The lowest BCUT2D eigenvalue weighted by Crippen LogP contribution is -2.28. The van der Waals surface area contributed by atoms with Crippen molar-refractivity contribution in [3.05, 3.63) is 63.3 Å². The number of benzene rings is 1. The normalized spacial score (nSPS) is 19.4. The number of hydrogen-bond donors (Lipinski definition) is 1. The maximum atomic E-state index is 12.2. The smallest absolute Gasteiger partial charge is 0.256 e. The molecule has 4 heteroatoms. The first kappa shape index (κ1) is 11.9. The van der Waals surface area contributed by atoms with Gasteiger partial charge >= 0.3 is 0 Å². The number of hydrogen-bond acceptors (Lipinski definition) is 3. The van der Waals surface area contributed by atoms with Gasteiger partial charge in [-0.3, -0.25) is 4.79 Å². The van der Waals surface area contributed by atoms with Crippen molar-refractivity contribution in [2.45, 2.75) is 31.3 Å². The van der Waals surface area contributed by atoms with Crippen LogP contribution in [0.15, 0.2) is 35.1 Å². The molecule has 0 saturated heterocycles. The van der Waals surface area contributed by atoms with Crippen LogP contribution >= 0.6 is 0 Å². The number of nitrogens with one attached hydrogen (secondary N) is 1. The van der Waals surface area contributed by atoms with Crippen LogP contribution in [-0.4, -0.2) is 16.6 Å². The fourth-order valence-corrected chi connectivity index (χ4v) is 3.01. The molecule has 1 aliphatic heterocycles. The maximum absolute atomic E-state index is 12.2. The van der Waals surface area contributed by atoms with Gasteiger partial charge in [0.1, 0.15) is 5.82 Å². The van der Waals surface area contributed by atoms with Crippen LogP contribution in [0.3, 0.4) is 0 Å². The summed E-state index contributed by atoms with van der Waals surface area (Å²) >= 11 is 0. The molecule has 0 amide bonds. The topological polar surface area (TPSA) is 55.0 Å². The minimum absolute atomic E-state index is 0.0353. The highest BCUT2D eigenvalue weighted by Gasteiger charge is 2.48. The van der Waals surface area contributed by atoms with Crippen molar-refractivity contribution >= 4 is 0 Å². The Kier molecular flexibility index (Phi) is 2.54. The second kappa shape index (κ2) is 4.28. The number of fused-ring (bicyclic) bond motifs is 1. The van der Waals surface area contributed by atoms with E-state index in [1.54, 1.807) is 0 Å². The van der Waals surface area contributed by atoms with Gasteiger partial charge in [0.15, 0.2) is 0 Å². The van der Waals surface area contributed by atoms with E-state index in [0.29, 0.717) is 18.8 Å². The third-order valence-electron chi connectivity index (χ3n) is 4.36. The van der Waals surface area contributed by atoms with E-state index in [1.165, 1.54) is 5.56 Å². The molecular weight excluding hydrogens is 252 g/mol. The minimum Gasteiger partial charge on any atom is -0.376 e. The second-order valence-electron chi connectivity index (χ2n) is 5.59. The Morgan fingerprint density at radius 1 is 1.20 bits per heavy atom. The standard InChI is InChI=1S/C16H16N2O2/c19-14-12-10-20-9-6-13(12)17-15(18-14)16(7-8-16)11-4-2-1-3-5-11/h1-5H,6-10H2,(H,17,18,19). The molecule has 20 heavy (non-hydrogen) atoms. The Bertz CT molecular complexity index is 702. The van der Waals surface area contributed by atoms with Crippen LogP contribution in [0.4, 0.5) is 0 Å². The quantitative estimate of drug-likeness (QED) is 0.905. The van der Waals surface area contributed by atoms with Crippen molar-refractivity contribution < 1.29 is 4.74 Å². The number of rotatable bonds is 2. The summed E-state index contributed by atoms with van der Waals surface area (Å²) in [6, 6.07) is 10.3. The van der Waals surface area contributed by atoms with Crippen LogP contribution in [-0.2, 0) is 23.2 Å². The first-order valence-corrected chi connectivity index (χ1v) is 7.05.